The molecule has 1 aliphatic heterocycles. The Morgan fingerprint density at radius 3 is 1.43 bits per heavy atom. The van der Waals surface area contributed by atoms with Crippen molar-refractivity contribution in [1.82, 2.24) is 14.8 Å². The molecular weight excluding hydrogens is 502 g/mol. The van der Waals surface area contributed by atoms with Gasteiger partial charge in [-0.15, -0.1) is 0 Å². The van der Waals surface area contributed by atoms with Crippen molar-refractivity contribution < 1.29 is 14.2 Å². The Balaban J connectivity index is 1.64. The van der Waals surface area contributed by atoms with E-state index in [0.29, 0.717) is 61.0 Å². The van der Waals surface area contributed by atoms with Gasteiger partial charge in [0, 0.05) is 14.1 Å². The molecule has 2 atom stereocenters. The number of hydrogen-bond donors (Lipinski definition) is 0. The maximum Gasteiger partial charge on any atom is 0.128 e. The largest absolute Gasteiger partial charge is 0.377 e. The molecule has 2 aromatic carbocycles. The third kappa shape index (κ3) is 7.18. The Kier molecular flexibility index (Phi) is 10.1. The lowest BCUT2D eigenvalue weighted by Gasteiger charge is -2.32. The summed E-state index contributed by atoms with van der Waals surface area (Å²) in [6.07, 6.45) is 0. The highest BCUT2D eigenvalue weighted by Gasteiger charge is 2.24. The molecule has 0 saturated heterocycles. The third-order valence-electron chi connectivity index (χ3n) is 6.43. The topological polar surface area (TPSA) is 47.1 Å². The second-order valence-electron chi connectivity index (χ2n) is 8.86. The van der Waals surface area contributed by atoms with E-state index < -0.39 is 0 Å². The number of pyridine rings is 1. The molecule has 1 aliphatic rings. The lowest BCUT2D eigenvalue weighted by molar-refractivity contribution is -0.000249. The van der Waals surface area contributed by atoms with Crippen molar-refractivity contribution in [2.24, 2.45) is 0 Å². The van der Waals surface area contributed by atoms with Gasteiger partial charge >= 0.3 is 0 Å². The van der Waals surface area contributed by atoms with Crippen LogP contribution in [-0.4, -0.2) is 78.5 Å². The minimum atomic E-state index is -0.0709. The van der Waals surface area contributed by atoms with Crippen LogP contribution in [0.15, 0.2) is 78.9 Å². The van der Waals surface area contributed by atoms with Crippen LogP contribution in [0.5, 0.6) is 0 Å². The molecular formula is C29H33N3O3S2. The van der Waals surface area contributed by atoms with Gasteiger partial charge in [-0.1, -0.05) is 91.2 Å². The van der Waals surface area contributed by atoms with Gasteiger partial charge in [0.15, 0.2) is 0 Å². The average Bonchev–Trinajstić information content (AvgIpc) is 2.95. The predicted octanol–water partition coefficient (Wildman–Crippen LogP) is 4.84. The molecule has 8 heteroatoms. The minimum Gasteiger partial charge on any atom is -0.377 e. The van der Waals surface area contributed by atoms with E-state index in [9.17, 15) is 0 Å². The molecule has 0 unspecified atom stereocenters. The summed E-state index contributed by atoms with van der Waals surface area (Å²) in [6, 6.07) is 26.1. The predicted molar refractivity (Wildman–Crippen MR) is 154 cm³/mol. The summed E-state index contributed by atoms with van der Waals surface area (Å²) >= 11 is 11.8. The summed E-state index contributed by atoms with van der Waals surface area (Å²) in [5, 5.41) is 0. The summed E-state index contributed by atoms with van der Waals surface area (Å²) in [7, 11) is 3.97. The molecule has 0 N–H and O–H groups in total. The van der Waals surface area contributed by atoms with E-state index in [1.54, 1.807) is 0 Å². The second kappa shape index (κ2) is 13.7. The van der Waals surface area contributed by atoms with E-state index in [1.807, 2.05) is 78.5 Å². The van der Waals surface area contributed by atoms with Crippen molar-refractivity contribution in [3.05, 3.63) is 101 Å². The lowest BCUT2D eigenvalue weighted by atomic mass is 10.1. The van der Waals surface area contributed by atoms with Crippen LogP contribution < -0.4 is 0 Å². The average molecular weight is 536 g/mol. The van der Waals surface area contributed by atoms with Gasteiger partial charge in [-0.2, -0.15) is 0 Å². The molecule has 0 aliphatic carbocycles. The van der Waals surface area contributed by atoms with Crippen molar-refractivity contribution in [1.29, 1.82) is 0 Å². The first kappa shape index (κ1) is 27.3. The molecule has 0 saturated carbocycles. The van der Waals surface area contributed by atoms with Gasteiger partial charge in [-0.3, -0.25) is 0 Å². The fourth-order valence-electron chi connectivity index (χ4n) is 4.26. The highest BCUT2D eigenvalue weighted by molar-refractivity contribution is 7.81. The summed E-state index contributed by atoms with van der Waals surface area (Å²) in [5.74, 6) is 0. The zero-order valence-corrected chi connectivity index (χ0v) is 22.9. The van der Waals surface area contributed by atoms with Crippen molar-refractivity contribution >= 4 is 34.4 Å². The van der Waals surface area contributed by atoms with Crippen LogP contribution in [0.4, 0.5) is 0 Å². The molecule has 2 bridgehead atoms. The van der Waals surface area contributed by atoms with Crippen molar-refractivity contribution in [2.45, 2.75) is 12.1 Å². The minimum absolute atomic E-state index is 0.0709. The monoisotopic (exact) mass is 535 g/mol. The van der Waals surface area contributed by atoms with Crippen LogP contribution in [0.3, 0.4) is 0 Å². The number of benzene rings is 2. The first-order chi connectivity index (χ1) is 18.1. The first-order valence-electron chi connectivity index (χ1n) is 12.4. The standard InChI is InChI=1S/C29H33N3O3S2/c1-31-26(22-10-5-3-6-11-22)20-34-18-16-33-17-19-35-21-27(23-12-7-4-8-13-23)32(2)29(37)25-15-9-14-24(30-25)28(31)36/h3-15,26-27H,16-21H2,1-2H3/t26-,27-/m1/s1. The molecule has 3 aromatic rings. The molecule has 0 radical (unpaired) electrons. The number of likely N-dealkylation sites (N-methyl/N-ethyl adjacent to an activating group) is 2. The van der Waals surface area contributed by atoms with E-state index in [4.69, 9.17) is 43.6 Å². The van der Waals surface area contributed by atoms with Crippen molar-refractivity contribution in [3.63, 3.8) is 0 Å². The molecule has 0 amide bonds. The van der Waals surface area contributed by atoms with Gasteiger partial charge in [-0.25, -0.2) is 4.98 Å². The fourth-order valence-corrected chi connectivity index (χ4v) is 4.74. The molecule has 1 aromatic heterocycles. The van der Waals surface area contributed by atoms with Crippen LogP contribution in [0, 0.1) is 0 Å². The van der Waals surface area contributed by atoms with Crippen LogP contribution in [-0.2, 0) is 14.2 Å². The smallest absolute Gasteiger partial charge is 0.128 e. The second-order valence-corrected chi connectivity index (χ2v) is 9.63. The summed E-state index contributed by atoms with van der Waals surface area (Å²) in [6.45, 7) is 2.91. The Morgan fingerprint density at radius 2 is 1.00 bits per heavy atom. The Bertz CT molecular complexity index is 1080. The molecule has 0 spiro atoms. The van der Waals surface area contributed by atoms with Gasteiger partial charge < -0.3 is 24.0 Å². The SMILES string of the molecule is CN1C(=S)c2cccc(n2)C(=S)N(C)[C@@H](c2ccccc2)COCCOCCOC[C@@H]1c1ccccc1. The van der Waals surface area contributed by atoms with E-state index >= 15 is 0 Å². The van der Waals surface area contributed by atoms with Crippen LogP contribution in [0.1, 0.15) is 34.6 Å². The lowest BCUT2D eigenvalue weighted by Crippen LogP contribution is -2.36. The number of thiocarbonyl (C=S) groups is 2. The molecule has 6 nitrogen and oxygen atoms in total. The number of rotatable bonds is 2. The Morgan fingerprint density at radius 1 is 0.595 bits per heavy atom. The van der Waals surface area contributed by atoms with E-state index in [0.717, 1.165) is 11.1 Å². The van der Waals surface area contributed by atoms with E-state index in [-0.39, 0.29) is 12.1 Å². The first-order valence-corrected chi connectivity index (χ1v) is 13.2. The highest BCUT2D eigenvalue weighted by Crippen LogP contribution is 2.24. The Labute approximate surface area is 230 Å². The van der Waals surface area contributed by atoms with Crippen LogP contribution in [0.2, 0.25) is 0 Å². The fraction of sp³-hybridized carbons (Fsp3) is 0.345. The molecule has 4 rings (SSSR count). The van der Waals surface area contributed by atoms with Gasteiger partial charge in [0.2, 0.25) is 0 Å². The van der Waals surface area contributed by atoms with Crippen LogP contribution >= 0.6 is 24.4 Å². The van der Waals surface area contributed by atoms with Gasteiger partial charge in [0.05, 0.1) is 63.1 Å². The normalized spacial score (nSPS) is 20.8. The third-order valence-corrected chi connectivity index (χ3v) is 7.42. The van der Waals surface area contributed by atoms with Crippen molar-refractivity contribution in [3.8, 4) is 0 Å². The van der Waals surface area contributed by atoms with Crippen molar-refractivity contribution in [2.75, 3.05) is 53.7 Å². The maximum atomic E-state index is 6.01. The number of ether oxygens (including phenoxy) is 3. The molecule has 0 fully saturated rings. The van der Waals surface area contributed by atoms with Gasteiger partial charge in [0.25, 0.3) is 0 Å². The zero-order chi connectivity index (χ0) is 26.0. The zero-order valence-electron chi connectivity index (χ0n) is 21.3. The molecule has 37 heavy (non-hydrogen) atoms. The van der Waals surface area contributed by atoms with E-state index in [1.165, 1.54) is 0 Å². The summed E-state index contributed by atoms with van der Waals surface area (Å²) in [4.78, 5) is 10.2. The summed E-state index contributed by atoms with van der Waals surface area (Å²) in [5.41, 5.74) is 3.63. The van der Waals surface area contributed by atoms with Gasteiger partial charge in [0.1, 0.15) is 9.98 Å². The number of aromatic nitrogens is 1. The van der Waals surface area contributed by atoms with Gasteiger partial charge in [-0.05, 0) is 23.3 Å². The number of nitrogens with zero attached hydrogens (tertiary/aromatic N) is 3. The molecule has 194 valence electrons. The summed E-state index contributed by atoms with van der Waals surface area (Å²) < 4.78 is 17.8. The Hall–Kier alpha value is -2.75. The van der Waals surface area contributed by atoms with E-state index in [2.05, 4.69) is 24.3 Å². The number of hydrogen-bond acceptors (Lipinski definition) is 6. The highest BCUT2D eigenvalue weighted by atomic mass is 32.1. The van der Waals surface area contributed by atoms with Crippen LogP contribution in [0.25, 0.3) is 0 Å². The number of fused-ring (bicyclic) bond motifs is 2. The maximum absolute atomic E-state index is 6.01. The quantitative estimate of drug-likeness (QED) is 0.432. The molecule has 2 heterocycles.